The zero-order chi connectivity index (χ0) is 23.5. The van der Waals surface area contributed by atoms with Gasteiger partial charge in [-0.05, 0) is 54.5 Å². The molecule has 0 bridgehead atoms. The maximum absolute atomic E-state index is 12.9. The van der Waals surface area contributed by atoms with E-state index in [1.807, 2.05) is 37.3 Å². The van der Waals surface area contributed by atoms with Crippen molar-refractivity contribution in [1.29, 1.82) is 0 Å². The summed E-state index contributed by atoms with van der Waals surface area (Å²) in [5.41, 5.74) is 8.13. The number of guanidine groups is 1. The zero-order valence-electron chi connectivity index (χ0n) is 18.7. The normalized spacial score (nSPS) is 18.4. The summed E-state index contributed by atoms with van der Waals surface area (Å²) in [4.78, 5) is 31.3. The molecule has 170 valence electrons. The second-order valence-electron chi connectivity index (χ2n) is 9.01. The molecule has 0 aliphatic carbocycles. The maximum atomic E-state index is 12.9. The lowest BCUT2D eigenvalue weighted by atomic mass is 9.91. The van der Waals surface area contributed by atoms with Crippen LogP contribution in [0.4, 0.5) is 0 Å². The Morgan fingerprint density at radius 1 is 1.06 bits per heavy atom. The molecule has 32 heavy (non-hydrogen) atoms. The molecule has 0 fully saturated rings. The van der Waals surface area contributed by atoms with Crippen molar-refractivity contribution in [2.75, 3.05) is 0 Å². The van der Waals surface area contributed by atoms with E-state index in [9.17, 15) is 9.59 Å². The second-order valence-corrected chi connectivity index (χ2v) is 9.83. The molecule has 1 atom stereocenters. The number of aliphatic imine (C=N–C) groups is 1. The molecule has 0 aromatic heterocycles. The second kappa shape index (κ2) is 10.1. The van der Waals surface area contributed by atoms with E-state index in [1.165, 1.54) is 0 Å². The highest BCUT2D eigenvalue weighted by molar-refractivity contribution is 6.42. The molecule has 1 aliphatic rings. The Labute approximate surface area is 199 Å². The average Bonchev–Trinajstić information content (AvgIpc) is 2.92. The number of benzene rings is 2. The minimum atomic E-state index is -0.793. The van der Waals surface area contributed by atoms with Crippen LogP contribution in [0, 0.1) is 5.92 Å². The molecule has 5 nitrogen and oxygen atoms in total. The van der Waals surface area contributed by atoms with Gasteiger partial charge in [0.15, 0.2) is 5.96 Å². The van der Waals surface area contributed by atoms with E-state index in [4.69, 9.17) is 28.9 Å². The monoisotopic (exact) mass is 473 g/mol. The molecule has 1 amide bonds. The Morgan fingerprint density at radius 2 is 1.69 bits per heavy atom. The van der Waals surface area contributed by atoms with Crippen LogP contribution in [0.3, 0.4) is 0 Å². The van der Waals surface area contributed by atoms with Crippen LogP contribution in [0.25, 0.3) is 0 Å². The number of aryl methyl sites for hydroxylation is 1. The number of hydrogen-bond acceptors (Lipinski definition) is 4. The number of nitrogens with two attached hydrogens (primary N) is 1. The van der Waals surface area contributed by atoms with Crippen molar-refractivity contribution < 1.29 is 9.59 Å². The van der Waals surface area contributed by atoms with Gasteiger partial charge in [-0.1, -0.05) is 67.4 Å². The summed E-state index contributed by atoms with van der Waals surface area (Å²) in [7, 11) is 0. The van der Waals surface area contributed by atoms with Crippen LogP contribution < -0.4 is 5.73 Å². The zero-order valence-corrected chi connectivity index (χ0v) is 20.2. The van der Waals surface area contributed by atoms with E-state index >= 15 is 0 Å². The highest BCUT2D eigenvalue weighted by Gasteiger charge is 2.43. The average molecular weight is 474 g/mol. The number of ketones is 1. The van der Waals surface area contributed by atoms with Crippen molar-refractivity contribution in [3.63, 3.8) is 0 Å². The Balaban J connectivity index is 1.55. The number of carbonyl (C=O) groups is 2. The maximum Gasteiger partial charge on any atom is 0.257 e. The van der Waals surface area contributed by atoms with E-state index < -0.39 is 5.54 Å². The van der Waals surface area contributed by atoms with Gasteiger partial charge in [-0.3, -0.25) is 14.5 Å². The largest absolute Gasteiger partial charge is 0.369 e. The lowest BCUT2D eigenvalue weighted by molar-refractivity contribution is -0.131. The summed E-state index contributed by atoms with van der Waals surface area (Å²) in [6.07, 6.45) is 2.08. The predicted molar refractivity (Wildman–Crippen MR) is 130 cm³/mol. The standard InChI is InChI=1S/C25H29Cl2N3O2/c1-16(2)14-25(3)23(32)30(24(28)29-25)15-19-6-4-17(5-7-19)12-20(31)10-8-18-9-11-21(26)22(27)13-18/h4-7,9,11,13,16H,8,10,12,14-15H2,1-3H3,(H2,28,29). The lowest BCUT2D eigenvalue weighted by Gasteiger charge is -2.23. The molecule has 0 spiro atoms. The third kappa shape index (κ3) is 5.90. The van der Waals surface area contributed by atoms with Gasteiger partial charge in [0.2, 0.25) is 0 Å². The number of halogens is 2. The van der Waals surface area contributed by atoms with Gasteiger partial charge in [-0.2, -0.15) is 0 Å². The first-order valence-electron chi connectivity index (χ1n) is 10.8. The topological polar surface area (TPSA) is 75.8 Å². The van der Waals surface area contributed by atoms with Crippen molar-refractivity contribution in [3.05, 3.63) is 69.2 Å². The van der Waals surface area contributed by atoms with Crippen LogP contribution in [0.2, 0.25) is 10.0 Å². The summed E-state index contributed by atoms with van der Waals surface area (Å²) >= 11 is 12.0. The fourth-order valence-corrected chi connectivity index (χ4v) is 4.40. The SMILES string of the molecule is CC(C)CC1(C)N=C(N)N(Cc2ccc(CC(=O)CCc3ccc(Cl)c(Cl)c3)cc2)C1=O. The number of carbonyl (C=O) groups excluding carboxylic acids is 2. The number of Topliss-reactive ketones (excluding diaryl/α,β-unsaturated/α-hetero) is 1. The van der Waals surface area contributed by atoms with Crippen LogP contribution in [0.5, 0.6) is 0 Å². The van der Waals surface area contributed by atoms with Crippen LogP contribution >= 0.6 is 23.2 Å². The Kier molecular flexibility index (Phi) is 7.63. The van der Waals surface area contributed by atoms with E-state index in [0.29, 0.717) is 48.2 Å². The van der Waals surface area contributed by atoms with Gasteiger partial charge in [-0.25, -0.2) is 4.99 Å². The van der Waals surface area contributed by atoms with Gasteiger partial charge in [0.25, 0.3) is 5.91 Å². The Hall–Kier alpha value is -2.37. The van der Waals surface area contributed by atoms with Crippen LogP contribution in [-0.4, -0.2) is 28.1 Å². The minimum absolute atomic E-state index is 0.0646. The van der Waals surface area contributed by atoms with Crippen molar-refractivity contribution in [2.24, 2.45) is 16.6 Å². The molecular weight excluding hydrogens is 445 g/mol. The van der Waals surface area contributed by atoms with Crippen molar-refractivity contribution in [3.8, 4) is 0 Å². The smallest absolute Gasteiger partial charge is 0.257 e. The molecule has 0 saturated carbocycles. The summed E-state index contributed by atoms with van der Waals surface area (Å²) in [6.45, 7) is 6.34. The molecule has 0 radical (unpaired) electrons. The van der Waals surface area contributed by atoms with Gasteiger partial charge < -0.3 is 5.73 Å². The fourth-order valence-electron chi connectivity index (χ4n) is 4.08. The number of nitrogens with zero attached hydrogens (tertiary/aromatic N) is 2. The third-order valence-electron chi connectivity index (χ3n) is 5.59. The van der Waals surface area contributed by atoms with Gasteiger partial charge in [-0.15, -0.1) is 0 Å². The fraction of sp³-hybridized carbons (Fsp3) is 0.400. The molecule has 1 aliphatic heterocycles. The highest BCUT2D eigenvalue weighted by Crippen LogP contribution is 2.29. The number of hydrogen-bond donors (Lipinski definition) is 1. The molecule has 2 N–H and O–H groups in total. The third-order valence-corrected chi connectivity index (χ3v) is 6.33. The predicted octanol–water partition coefficient (Wildman–Crippen LogP) is 5.20. The first-order chi connectivity index (χ1) is 15.1. The van der Waals surface area contributed by atoms with E-state index in [2.05, 4.69) is 18.8 Å². The van der Waals surface area contributed by atoms with Crippen LogP contribution in [0.1, 0.15) is 50.3 Å². The summed E-state index contributed by atoms with van der Waals surface area (Å²) in [5.74, 6) is 0.693. The van der Waals surface area contributed by atoms with Crippen molar-refractivity contribution in [2.45, 2.75) is 58.5 Å². The molecule has 1 unspecified atom stereocenters. The van der Waals surface area contributed by atoms with Gasteiger partial charge in [0.1, 0.15) is 11.3 Å². The summed E-state index contributed by atoms with van der Waals surface area (Å²) in [6, 6.07) is 13.1. The molecule has 3 rings (SSSR count). The first kappa shape index (κ1) is 24.3. The highest BCUT2D eigenvalue weighted by atomic mass is 35.5. The van der Waals surface area contributed by atoms with Gasteiger partial charge in [0.05, 0.1) is 16.6 Å². The minimum Gasteiger partial charge on any atom is -0.369 e. The van der Waals surface area contributed by atoms with E-state index in [1.54, 1.807) is 17.0 Å². The molecule has 1 heterocycles. The van der Waals surface area contributed by atoms with E-state index in [-0.39, 0.29) is 17.6 Å². The van der Waals surface area contributed by atoms with Crippen molar-refractivity contribution in [1.82, 2.24) is 4.90 Å². The number of rotatable bonds is 9. The molecular formula is C25H29Cl2N3O2. The molecule has 7 heteroatoms. The Morgan fingerprint density at radius 3 is 2.31 bits per heavy atom. The molecule has 2 aromatic rings. The lowest BCUT2D eigenvalue weighted by Crippen LogP contribution is -2.43. The summed E-state index contributed by atoms with van der Waals surface area (Å²) in [5, 5.41) is 1.01. The first-order valence-corrected chi connectivity index (χ1v) is 11.5. The summed E-state index contributed by atoms with van der Waals surface area (Å²) < 4.78 is 0. The van der Waals surface area contributed by atoms with Crippen LogP contribution in [-0.2, 0) is 29.0 Å². The van der Waals surface area contributed by atoms with Crippen LogP contribution in [0.15, 0.2) is 47.5 Å². The van der Waals surface area contributed by atoms with Gasteiger partial charge in [0, 0.05) is 12.8 Å². The number of amides is 1. The van der Waals surface area contributed by atoms with Crippen molar-refractivity contribution >= 4 is 40.9 Å². The van der Waals surface area contributed by atoms with Gasteiger partial charge >= 0.3 is 0 Å². The molecule has 2 aromatic carbocycles. The molecule has 0 saturated heterocycles. The van der Waals surface area contributed by atoms with E-state index in [0.717, 1.165) is 16.7 Å². The quantitative estimate of drug-likeness (QED) is 0.543. The Bertz CT molecular complexity index is 1030.